The first kappa shape index (κ1) is 14.3. The number of benzene rings is 1. The Morgan fingerprint density at radius 2 is 2.26 bits per heavy atom. The van der Waals surface area contributed by atoms with Crippen LogP contribution in [-0.2, 0) is 7.05 Å². The maximum absolute atomic E-state index is 6.15. The van der Waals surface area contributed by atoms with E-state index in [-0.39, 0.29) is 6.04 Å². The Morgan fingerprint density at radius 1 is 1.53 bits per heavy atom. The number of aromatic nitrogens is 2. The fourth-order valence-corrected chi connectivity index (χ4v) is 2.77. The van der Waals surface area contributed by atoms with Gasteiger partial charge in [-0.1, -0.05) is 17.7 Å². The summed E-state index contributed by atoms with van der Waals surface area (Å²) in [5, 5.41) is 4.69. The average Bonchev–Trinajstić information content (AvgIpc) is 2.72. The van der Waals surface area contributed by atoms with Crippen LogP contribution in [0.3, 0.4) is 0 Å². The lowest BCUT2D eigenvalue weighted by molar-refractivity contribution is 0.411. The van der Waals surface area contributed by atoms with Crippen molar-refractivity contribution in [2.24, 2.45) is 12.9 Å². The van der Waals surface area contributed by atoms with Gasteiger partial charge in [0.2, 0.25) is 0 Å². The maximum Gasteiger partial charge on any atom is 0.133 e. The Labute approximate surface area is 124 Å². The van der Waals surface area contributed by atoms with E-state index in [1.54, 1.807) is 18.0 Å². The smallest absolute Gasteiger partial charge is 0.133 e. The molecule has 0 aliphatic heterocycles. The first-order valence-corrected chi connectivity index (χ1v) is 6.72. The molecule has 0 aliphatic carbocycles. The number of methoxy groups -OCH3 is 1. The van der Waals surface area contributed by atoms with Gasteiger partial charge in [0.15, 0.2) is 0 Å². The second-order valence-electron chi connectivity index (χ2n) is 4.00. The fourth-order valence-electron chi connectivity index (χ4n) is 1.94. The Bertz CT molecular complexity index is 568. The number of nitrogens with zero attached hydrogens (tertiary/aromatic N) is 2. The van der Waals surface area contributed by atoms with Crippen LogP contribution >= 0.6 is 27.5 Å². The molecule has 0 radical (unpaired) electrons. The molecule has 0 aliphatic rings. The average molecular weight is 346 g/mol. The molecule has 1 aromatic carbocycles. The largest absolute Gasteiger partial charge is 0.496 e. The summed E-state index contributed by atoms with van der Waals surface area (Å²) >= 11 is 9.61. The molecule has 2 rings (SSSR count). The second kappa shape index (κ2) is 5.92. The Morgan fingerprint density at radius 3 is 2.74 bits per heavy atom. The minimum atomic E-state index is -0.248. The first-order chi connectivity index (χ1) is 9.08. The Hall–Kier alpha value is -1.08. The molecule has 0 spiro atoms. The SMILES string of the molecule is COc1ccc(C(NN)c2c(Cl)cnn2C)cc1Br. The van der Waals surface area contributed by atoms with Crippen molar-refractivity contribution in [3.63, 3.8) is 0 Å². The van der Waals surface area contributed by atoms with Gasteiger partial charge in [0.25, 0.3) is 0 Å². The van der Waals surface area contributed by atoms with Gasteiger partial charge in [0.1, 0.15) is 5.75 Å². The highest BCUT2D eigenvalue weighted by Crippen LogP contribution is 2.32. The van der Waals surface area contributed by atoms with Crippen LogP contribution in [0.5, 0.6) is 5.75 Å². The third kappa shape index (κ3) is 2.76. The van der Waals surface area contributed by atoms with E-state index in [1.165, 1.54) is 0 Å². The molecule has 0 fully saturated rings. The molecule has 102 valence electrons. The number of nitrogens with two attached hydrogens (primary N) is 1. The second-order valence-corrected chi connectivity index (χ2v) is 5.26. The molecule has 2 aromatic rings. The molecule has 1 unspecified atom stereocenters. The lowest BCUT2D eigenvalue weighted by atomic mass is 10.0. The zero-order chi connectivity index (χ0) is 14.0. The molecular formula is C12H14BrClN4O. The van der Waals surface area contributed by atoms with E-state index < -0.39 is 0 Å². The van der Waals surface area contributed by atoms with Crippen molar-refractivity contribution in [2.75, 3.05) is 7.11 Å². The van der Waals surface area contributed by atoms with Gasteiger partial charge in [-0.05, 0) is 33.6 Å². The lowest BCUT2D eigenvalue weighted by Gasteiger charge is -2.18. The van der Waals surface area contributed by atoms with Crippen LogP contribution < -0.4 is 16.0 Å². The maximum atomic E-state index is 6.15. The number of halogens is 2. The standard InChI is InChI=1S/C12H14BrClN4O/c1-18-12(9(14)6-16-18)11(17-15)7-3-4-10(19-2)8(13)5-7/h3-6,11,17H,15H2,1-2H3. The van der Waals surface area contributed by atoms with Crippen LogP contribution in [0, 0.1) is 0 Å². The monoisotopic (exact) mass is 344 g/mol. The summed E-state index contributed by atoms with van der Waals surface area (Å²) in [6, 6.07) is 5.49. The van der Waals surface area contributed by atoms with Gasteiger partial charge in [0.05, 0.1) is 34.5 Å². The molecule has 5 nitrogen and oxygen atoms in total. The molecule has 0 bridgehead atoms. The van der Waals surface area contributed by atoms with Crippen LogP contribution in [0.15, 0.2) is 28.9 Å². The summed E-state index contributed by atoms with van der Waals surface area (Å²) in [5.41, 5.74) is 4.53. The molecule has 0 amide bonds. The fraction of sp³-hybridized carbons (Fsp3) is 0.250. The molecule has 1 atom stereocenters. The highest BCUT2D eigenvalue weighted by atomic mass is 79.9. The van der Waals surface area contributed by atoms with Crippen molar-refractivity contribution < 1.29 is 4.74 Å². The predicted molar refractivity (Wildman–Crippen MR) is 78.1 cm³/mol. The predicted octanol–water partition coefficient (Wildman–Crippen LogP) is 2.40. The van der Waals surface area contributed by atoms with Crippen LogP contribution in [0.1, 0.15) is 17.3 Å². The quantitative estimate of drug-likeness (QED) is 0.660. The normalized spacial score (nSPS) is 12.5. The molecule has 0 saturated heterocycles. The van der Waals surface area contributed by atoms with Gasteiger partial charge < -0.3 is 4.74 Å². The van der Waals surface area contributed by atoms with Gasteiger partial charge in [-0.2, -0.15) is 5.10 Å². The summed E-state index contributed by atoms with van der Waals surface area (Å²) in [4.78, 5) is 0. The van der Waals surface area contributed by atoms with Crippen LogP contribution in [0.4, 0.5) is 0 Å². The minimum absolute atomic E-state index is 0.248. The number of hydrazine groups is 1. The van der Waals surface area contributed by atoms with E-state index in [4.69, 9.17) is 22.2 Å². The summed E-state index contributed by atoms with van der Waals surface area (Å²) in [6.07, 6.45) is 1.60. The third-order valence-electron chi connectivity index (χ3n) is 2.89. The third-order valence-corrected chi connectivity index (χ3v) is 3.80. The van der Waals surface area contributed by atoms with Gasteiger partial charge in [-0.3, -0.25) is 10.5 Å². The van der Waals surface area contributed by atoms with E-state index in [9.17, 15) is 0 Å². The van der Waals surface area contributed by atoms with Crippen LogP contribution in [-0.4, -0.2) is 16.9 Å². The first-order valence-electron chi connectivity index (χ1n) is 5.55. The van der Waals surface area contributed by atoms with Crippen molar-refractivity contribution in [1.82, 2.24) is 15.2 Å². The van der Waals surface area contributed by atoms with Gasteiger partial charge >= 0.3 is 0 Å². The van der Waals surface area contributed by atoms with E-state index in [1.807, 2.05) is 25.2 Å². The van der Waals surface area contributed by atoms with Crippen molar-refractivity contribution in [3.05, 3.63) is 45.1 Å². The van der Waals surface area contributed by atoms with Crippen LogP contribution in [0.2, 0.25) is 5.02 Å². The summed E-state index contributed by atoms with van der Waals surface area (Å²) < 4.78 is 7.76. The summed E-state index contributed by atoms with van der Waals surface area (Å²) in [6.45, 7) is 0. The van der Waals surface area contributed by atoms with E-state index in [0.717, 1.165) is 21.5 Å². The molecule has 3 N–H and O–H groups in total. The molecule has 1 heterocycles. The van der Waals surface area contributed by atoms with Gasteiger partial charge in [-0.15, -0.1) is 0 Å². The van der Waals surface area contributed by atoms with Crippen LogP contribution in [0.25, 0.3) is 0 Å². The highest BCUT2D eigenvalue weighted by molar-refractivity contribution is 9.10. The zero-order valence-electron chi connectivity index (χ0n) is 10.5. The van der Waals surface area contributed by atoms with Gasteiger partial charge in [-0.25, -0.2) is 5.43 Å². The number of aryl methyl sites for hydroxylation is 1. The van der Waals surface area contributed by atoms with Gasteiger partial charge in [0, 0.05) is 7.05 Å². The van der Waals surface area contributed by atoms with Crippen molar-refractivity contribution >= 4 is 27.5 Å². The molecular weight excluding hydrogens is 332 g/mol. The lowest BCUT2D eigenvalue weighted by Crippen LogP contribution is -2.30. The van der Waals surface area contributed by atoms with E-state index in [2.05, 4.69) is 26.5 Å². The highest BCUT2D eigenvalue weighted by Gasteiger charge is 2.20. The van der Waals surface area contributed by atoms with E-state index in [0.29, 0.717) is 5.02 Å². The summed E-state index contributed by atoms with van der Waals surface area (Å²) in [5.74, 6) is 6.42. The number of hydrogen-bond acceptors (Lipinski definition) is 4. The van der Waals surface area contributed by atoms with Crippen molar-refractivity contribution in [3.8, 4) is 5.75 Å². The topological polar surface area (TPSA) is 65.1 Å². The number of hydrogen-bond donors (Lipinski definition) is 2. The molecule has 7 heteroatoms. The Balaban J connectivity index is 2.46. The minimum Gasteiger partial charge on any atom is -0.496 e. The molecule has 0 saturated carbocycles. The zero-order valence-corrected chi connectivity index (χ0v) is 12.9. The van der Waals surface area contributed by atoms with Crippen molar-refractivity contribution in [1.29, 1.82) is 0 Å². The Kier molecular flexibility index (Phi) is 4.46. The van der Waals surface area contributed by atoms with Crippen molar-refractivity contribution in [2.45, 2.75) is 6.04 Å². The number of nitrogens with one attached hydrogen (secondary N) is 1. The number of ether oxygens (including phenoxy) is 1. The molecule has 19 heavy (non-hydrogen) atoms. The van der Waals surface area contributed by atoms with E-state index >= 15 is 0 Å². The molecule has 1 aromatic heterocycles. The summed E-state index contributed by atoms with van der Waals surface area (Å²) in [7, 11) is 3.44. The number of rotatable bonds is 4.